The summed E-state index contributed by atoms with van der Waals surface area (Å²) in [4.78, 5) is 4.31. The summed E-state index contributed by atoms with van der Waals surface area (Å²) in [5, 5.41) is 6.29. The van der Waals surface area contributed by atoms with Crippen molar-refractivity contribution in [2.75, 3.05) is 5.32 Å². The molecule has 0 bridgehead atoms. The predicted molar refractivity (Wildman–Crippen MR) is 65.6 cm³/mol. The number of rotatable bonds is 3. The molecule has 2 nitrogen and oxygen atoms in total. The topological polar surface area (TPSA) is 24.9 Å². The van der Waals surface area contributed by atoms with Gasteiger partial charge < -0.3 is 5.32 Å². The predicted octanol–water partition coefficient (Wildman–Crippen LogP) is 3.86. The maximum absolute atomic E-state index is 12.9. The van der Waals surface area contributed by atoms with Crippen LogP contribution in [0.1, 0.15) is 10.7 Å². The Morgan fingerprint density at radius 2 is 2.31 bits per heavy atom. The van der Waals surface area contributed by atoms with Gasteiger partial charge in [-0.3, -0.25) is 0 Å². The monoisotopic (exact) mass is 256 g/mol. The van der Waals surface area contributed by atoms with Crippen molar-refractivity contribution in [2.24, 2.45) is 0 Å². The maximum atomic E-state index is 12.9. The van der Waals surface area contributed by atoms with E-state index in [4.69, 9.17) is 11.6 Å². The van der Waals surface area contributed by atoms with Crippen LogP contribution in [0.25, 0.3) is 0 Å². The summed E-state index contributed by atoms with van der Waals surface area (Å²) >= 11 is 7.28. The average Bonchev–Trinajstić information content (AvgIpc) is 2.66. The van der Waals surface area contributed by atoms with Crippen molar-refractivity contribution in [1.29, 1.82) is 0 Å². The van der Waals surface area contributed by atoms with Crippen molar-refractivity contribution < 1.29 is 4.39 Å². The first-order valence-electron chi connectivity index (χ1n) is 4.75. The summed E-state index contributed by atoms with van der Waals surface area (Å²) in [5.74, 6) is -0.406. The SMILES string of the molecule is Cc1nc(CNc2ccc(F)c(Cl)c2)cs1. The van der Waals surface area contributed by atoms with Crippen molar-refractivity contribution in [3.63, 3.8) is 0 Å². The average molecular weight is 257 g/mol. The number of halogens is 2. The number of nitrogens with zero attached hydrogens (tertiary/aromatic N) is 1. The molecule has 0 spiro atoms. The fourth-order valence-electron chi connectivity index (χ4n) is 1.29. The number of aryl methyl sites for hydroxylation is 1. The zero-order valence-electron chi connectivity index (χ0n) is 8.63. The molecule has 1 aromatic heterocycles. The standard InChI is InChI=1S/C11H10ClFN2S/c1-7-15-9(6-16-7)5-14-8-2-3-11(13)10(12)4-8/h2-4,6,14H,5H2,1H3. The van der Waals surface area contributed by atoms with Gasteiger partial charge in [0.2, 0.25) is 0 Å². The van der Waals surface area contributed by atoms with Crippen LogP contribution in [0, 0.1) is 12.7 Å². The molecule has 16 heavy (non-hydrogen) atoms. The number of benzene rings is 1. The molecular weight excluding hydrogens is 247 g/mol. The molecule has 5 heteroatoms. The lowest BCUT2D eigenvalue weighted by Gasteiger charge is -2.04. The van der Waals surface area contributed by atoms with Crippen molar-refractivity contribution in [2.45, 2.75) is 13.5 Å². The molecule has 1 N–H and O–H groups in total. The van der Waals surface area contributed by atoms with Crippen molar-refractivity contribution >= 4 is 28.6 Å². The molecule has 0 aliphatic heterocycles. The van der Waals surface area contributed by atoms with Crippen LogP contribution in [0.5, 0.6) is 0 Å². The fourth-order valence-corrected chi connectivity index (χ4v) is 2.08. The second-order valence-electron chi connectivity index (χ2n) is 3.34. The van der Waals surface area contributed by atoms with E-state index in [1.165, 1.54) is 6.07 Å². The lowest BCUT2D eigenvalue weighted by molar-refractivity contribution is 0.628. The quantitative estimate of drug-likeness (QED) is 0.902. The molecule has 84 valence electrons. The van der Waals surface area contributed by atoms with Gasteiger partial charge in [-0.15, -0.1) is 11.3 Å². The molecule has 0 aliphatic rings. The van der Waals surface area contributed by atoms with Crippen LogP contribution in [-0.2, 0) is 6.54 Å². The fraction of sp³-hybridized carbons (Fsp3) is 0.182. The zero-order valence-corrected chi connectivity index (χ0v) is 10.2. The molecule has 0 amide bonds. The Morgan fingerprint density at radius 1 is 1.50 bits per heavy atom. The third-order valence-corrected chi connectivity index (χ3v) is 3.17. The summed E-state index contributed by atoms with van der Waals surface area (Å²) in [5.41, 5.74) is 1.76. The Bertz CT molecular complexity index is 498. The van der Waals surface area contributed by atoms with E-state index in [2.05, 4.69) is 10.3 Å². The molecule has 1 aromatic carbocycles. The minimum absolute atomic E-state index is 0.124. The summed E-state index contributed by atoms with van der Waals surface area (Å²) < 4.78 is 12.9. The van der Waals surface area contributed by atoms with Crippen LogP contribution in [0.3, 0.4) is 0 Å². The van der Waals surface area contributed by atoms with Gasteiger partial charge in [0.25, 0.3) is 0 Å². The van der Waals surface area contributed by atoms with Gasteiger partial charge in [-0.1, -0.05) is 11.6 Å². The van der Waals surface area contributed by atoms with Gasteiger partial charge in [0.1, 0.15) is 5.82 Å². The van der Waals surface area contributed by atoms with E-state index in [0.29, 0.717) is 6.54 Å². The highest BCUT2D eigenvalue weighted by molar-refractivity contribution is 7.09. The molecule has 0 saturated carbocycles. The molecule has 2 rings (SSSR count). The number of thiazole rings is 1. The number of aromatic nitrogens is 1. The van der Waals surface area contributed by atoms with Crippen LogP contribution in [-0.4, -0.2) is 4.98 Å². The first kappa shape index (κ1) is 11.4. The Labute approximate surface area is 102 Å². The van der Waals surface area contributed by atoms with E-state index < -0.39 is 5.82 Å². The smallest absolute Gasteiger partial charge is 0.141 e. The second kappa shape index (κ2) is 4.80. The minimum atomic E-state index is -0.406. The van der Waals surface area contributed by atoms with Crippen molar-refractivity contribution in [3.8, 4) is 0 Å². The largest absolute Gasteiger partial charge is 0.379 e. The lowest BCUT2D eigenvalue weighted by atomic mass is 10.3. The Balaban J connectivity index is 2.02. The molecule has 2 aromatic rings. The zero-order chi connectivity index (χ0) is 11.5. The molecular formula is C11H10ClFN2S. The van der Waals surface area contributed by atoms with Gasteiger partial charge in [-0.25, -0.2) is 9.37 Å². The number of hydrogen-bond donors (Lipinski definition) is 1. The Kier molecular flexibility index (Phi) is 3.41. The van der Waals surface area contributed by atoms with E-state index >= 15 is 0 Å². The highest BCUT2D eigenvalue weighted by atomic mass is 35.5. The van der Waals surface area contributed by atoms with Crippen molar-refractivity contribution in [1.82, 2.24) is 4.98 Å². The summed E-state index contributed by atoms with van der Waals surface area (Å²) in [6, 6.07) is 4.56. The van der Waals surface area contributed by atoms with Gasteiger partial charge >= 0.3 is 0 Å². The molecule has 0 saturated heterocycles. The normalized spacial score (nSPS) is 10.4. The minimum Gasteiger partial charge on any atom is -0.379 e. The maximum Gasteiger partial charge on any atom is 0.141 e. The number of nitrogens with one attached hydrogen (secondary N) is 1. The first-order valence-corrected chi connectivity index (χ1v) is 6.01. The molecule has 0 fully saturated rings. The highest BCUT2D eigenvalue weighted by Gasteiger charge is 2.02. The molecule has 0 aliphatic carbocycles. The van der Waals surface area contributed by atoms with Gasteiger partial charge in [0.15, 0.2) is 0 Å². The van der Waals surface area contributed by atoms with Crippen molar-refractivity contribution in [3.05, 3.63) is 45.1 Å². The highest BCUT2D eigenvalue weighted by Crippen LogP contribution is 2.20. The van der Waals surface area contributed by atoms with Gasteiger partial charge in [0, 0.05) is 11.1 Å². The Morgan fingerprint density at radius 3 is 2.94 bits per heavy atom. The van der Waals surface area contributed by atoms with Crippen LogP contribution >= 0.6 is 22.9 Å². The number of anilines is 1. The van der Waals surface area contributed by atoms with Crippen LogP contribution in [0.4, 0.5) is 10.1 Å². The van der Waals surface area contributed by atoms with E-state index in [9.17, 15) is 4.39 Å². The number of hydrogen-bond acceptors (Lipinski definition) is 3. The second-order valence-corrected chi connectivity index (χ2v) is 4.81. The summed E-state index contributed by atoms with van der Waals surface area (Å²) in [6.07, 6.45) is 0. The summed E-state index contributed by atoms with van der Waals surface area (Å²) in [6.45, 7) is 2.58. The molecule has 0 atom stereocenters. The van der Waals surface area contributed by atoms with E-state index in [-0.39, 0.29) is 5.02 Å². The third kappa shape index (κ3) is 2.71. The van der Waals surface area contributed by atoms with Gasteiger partial charge in [0.05, 0.1) is 22.3 Å². The van der Waals surface area contributed by atoms with E-state index in [0.717, 1.165) is 16.4 Å². The Hall–Kier alpha value is -1.13. The van der Waals surface area contributed by atoms with Gasteiger partial charge in [-0.05, 0) is 25.1 Å². The van der Waals surface area contributed by atoms with Crippen LogP contribution in [0.15, 0.2) is 23.6 Å². The first-order chi connectivity index (χ1) is 7.65. The van der Waals surface area contributed by atoms with Crippen LogP contribution in [0.2, 0.25) is 5.02 Å². The summed E-state index contributed by atoms with van der Waals surface area (Å²) in [7, 11) is 0. The van der Waals surface area contributed by atoms with E-state index in [1.807, 2.05) is 12.3 Å². The molecule has 0 radical (unpaired) electrons. The van der Waals surface area contributed by atoms with E-state index in [1.54, 1.807) is 23.5 Å². The third-order valence-electron chi connectivity index (χ3n) is 2.06. The van der Waals surface area contributed by atoms with Gasteiger partial charge in [-0.2, -0.15) is 0 Å². The molecule has 0 unspecified atom stereocenters. The lowest BCUT2D eigenvalue weighted by Crippen LogP contribution is -1.99. The van der Waals surface area contributed by atoms with Crippen LogP contribution < -0.4 is 5.32 Å². The molecule has 1 heterocycles.